The molecule has 1 aliphatic heterocycles. The van der Waals surface area contributed by atoms with Gasteiger partial charge in [0.25, 0.3) is 5.91 Å². The number of carbonyl (C=O) groups excluding carboxylic acids is 2. The molecule has 0 spiro atoms. The van der Waals surface area contributed by atoms with Crippen LogP contribution in [0.3, 0.4) is 0 Å². The normalized spacial score (nSPS) is 18.6. The minimum absolute atomic E-state index is 0.0170. The zero-order valence-corrected chi connectivity index (χ0v) is 22.9. The summed E-state index contributed by atoms with van der Waals surface area (Å²) in [7, 11) is -1.99. The lowest BCUT2D eigenvalue weighted by Crippen LogP contribution is -3.11. The molecule has 0 radical (unpaired) electrons. The molecular weight excluding hydrogens is 498 g/mol. The fourth-order valence-corrected chi connectivity index (χ4v) is 7.82. The Balaban J connectivity index is 1.53. The van der Waals surface area contributed by atoms with Crippen molar-refractivity contribution < 1.29 is 27.6 Å². The van der Waals surface area contributed by atoms with E-state index in [2.05, 4.69) is 12.2 Å². The van der Waals surface area contributed by atoms with Crippen molar-refractivity contribution in [3.05, 3.63) is 45.8 Å². The van der Waals surface area contributed by atoms with Gasteiger partial charge >= 0.3 is 5.97 Å². The molecule has 1 aliphatic carbocycles. The van der Waals surface area contributed by atoms with Crippen LogP contribution in [0.2, 0.25) is 0 Å². The molecule has 8 nitrogen and oxygen atoms in total. The highest BCUT2D eigenvalue weighted by atomic mass is 32.2. The van der Waals surface area contributed by atoms with Crippen LogP contribution >= 0.6 is 11.3 Å². The second-order valence-corrected chi connectivity index (χ2v) is 12.6. The smallest absolute Gasteiger partial charge is 0.341 e. The van der Waals surface area contributed by atoms with Gasteiger partial charge in [0.2, 0.25) is 10.0 Å². The topological polar surface area (TPSA) is 97.2 Å². The molecule has 1 fully saturated rings. The standard InChI is InChI=1S/C26H35N3O5S2/c1-4-29-16-15-21-22(17-29)35-25(23(21)26(31)34-5-2)27-24(30)18-11-13-20(14-12-18)36(32,33)28(3)19-9-7-6-8-10-19/h11-14,19H,4-10,15-17H2,1-3H3,(H,27,30)/p+1. The molecule has 10 heteroatoms. The quantitative estimate of drug-likeness (QED) is 0.508. The molecule has 2 aromatic rings. The number of esters is 1. The number of fused-ring (bicyclic) bond motifs is 1. The van der Waals surface area contributed by atoms with E-state index in [1.54, 1.807) is 14.0 Å². The summed E-state index contributed by atoms with van der Waals surface area (Å²) in [6.45, 7) is 6.91. The van der Waals surface area contributed by atoms with Crippen LogP contribution in [0, 0.1) is 0 Å². The first-order chi connectivity index (χ1) is 17.3. The van der Waals surface area contributed by atoms with E-state index in [-0.39, 0.29) is 23.5 Å². The fourth-order valence-electron chi connectivity index (χ4n) is 5.11. The first kappa shape index (κ1) is 26.8. The number of likely N-dealkylation sites (N-methyl/N-ethyl adjacent to an activating group) is 1. The molecule has 196 valence electrons. The second kappa shape index (κ2) is 11.4. The van der Waals surface area contributed by atoms with E-state index >= 15 is 0 Å². The Labute approximate surface area is 217 Å². The monoisotopic (exact) mass is 534 g/mol. The molecule has 1 saturated carbocycles. The lowest BCUT2D eigenvalue weighted by molar-refractivity contribution is -0.913. The third-order valence-corrected chi connectivity index (χ3v) is 10.4. The van der Waals surface area contributed by atoms with Crippen LogP contribution in [0.5, 0.6) is 0 Å². The zero-order valence-electron chi connectivity index (χ0n) is 21.3. The lowest BCUT2D eigenvalue weighted by Gasteiger charge is -2.30. The largest absolute Gasteiger partial charge is 0.462 e. The van der Waals surface area contributed by atoms with Gasteiger partial charge in [-0.3, -0.25) is 4.79 Å². The molecule has 1 unspecified atom stereocenters. The second-order valence-electron chi connectivity index (χ2n) is 9.50. The molecule has 1 aromatic heterocycles. The van der Waals surface area contributed by atoms with Gasteiger partial charge in [-0.2, -0.15) is 4.31 Å². The van der Waals surface area contributed by atoms with Gasteiger partial charge in [0.1, 0.15) is 11.5 Å². The average Bonchev–Trinajstić information content (AvgIpc) is 3.25. The first-order valence-corrected chi connectivity index (χ1v) is 15.1. The van der Waals surface area contributed by atoms with Gasteiger partial charge in [0, 0.05) is 25.1 Å². The number of quaternary nitrogens is 1. The van der Waals surface area contributed by atoms with E-state index in [1.807, 2.05) is 0 Å². The van der Waals surface area contributed by atoms with Crippen molar-refractivity contribution in [1.82, 2.24) is 4.31 Å². The molecule has 0 bridgehead atoms. The molecule has 36 heavy (non-hydrogen) atoms. The third-order valence-electron chi connectivity index (χ3n) is 7.32. The van der Waals surface area contributed by atoms with E-state index < -0.39 is 16.0 Å². The van der Waals surface area contributed by atoms with E-state index in [9.17, 15) is 18.0 Å². The van der Waals surface area contributed by atoms with E-state index in [0.29, 0.717) is 16.1 Å². The van der Waals surface area contributed by atoms with Gasteiger partial charge in [-0.1, -0.05) is 19.3 Å². The van der Waals surface area contributed by atoms with Gasteiger partial charge in [0.05, 0.1) is 35.0 Å². The summed E-state index contributed by atoms with van der Waals surface area (Å²) >= 11 is 1.43. The summed E-state index contributed by atoms with van der Waals surface area (Å²) in [6, 6.07) is 6.04. The van der Waals surface area contributed by atoms with Gasteiger partial charge in [0.15, 0.2) is 0 Å². The molecule has 0 saturated heterocycles. The molecule has 2 N–H and O–H groups in total. The number of hydrogen-bond donors (Lipinski definition) is 2. The fraction of sp³-hybridized carbons (Fsp3) is 0.538. The van der Waals surface area contributed by atoms with Gasteiger partial charge in [-0.25, -0.2) is 13.2 Å². The number of amides is 1. The summed E-state index contributed by atoms with van der Waals surface area (Å²) in [6.07, 6.45) is 5.75. The van der Waals surface area contributed by atoms with Crippen molar-refractivity contribution in [3.63, 3.8) is 0 Å². The molecular formula is C26H36N3O5S2+. The Hall–Kier alpha value is -2.27. The van der Waals surface area contributed by atoms with Gasteiger partial charge < -0.3 is 15.0 Å². The molecule has 4 rings (SSSR count). The highest BCUT2D eigenvalue weighted by Crippen LogP contribution is 2.36. The average molecular weight is 535 g/mol. The number of hydrogen-bond acceptors (Lipinski definition) is 6. The molecule has 1 atom stereocenters. The zero-order chi connectivity index (χ0) is 25.9. The van der Waals surface area contributed by atoms with Crippen molar-refractivity contribution in [2.24, 2.45) is 0 Å². The SMILES string of the molecule is CCOC(=O)c1c(NC(=O)c2ccc(S(=O)(=O)N(C)C3CCCCC3)cc2)sc2c1CC[NH+](CC)C2. The lowest BCUT2D eigenvalue weighted by atomic mass is 9.96. The van der Waals surface area contributed by atoms with Crippen LogP contribution in [0.15, 0.2) is 29.2 Å². The Morgan fingerprint density at radius 2 is 1.83 bits per heavy atom. The maximum absolute atomic E-state index is 13.1. The Kier molecular flexibility index (Phi) is 8.49. The maximum Gasteiger partial charge on any atom is 0.341 e. The number of rotatable bonds is 8. The minimum Gasteiger partial charge on any atom is -0.462 e. The summed E-state index contributed by atoms with van der Waals surface area (Å²) in [5, 5.41) is 3.39. The van der Waals surface area contributed by atoms with Crippen molar-refractivity contribution in [2.45, 2.75) is 69.9 Å². The Bertz CT molecular complexity index is 1200. The number of sulfonamides is 1. The van der Waals surface area contributed by atoms with Crippen molar-refractivity contribution in [2.75, 3.05) is 32.1 Å². The predicted molar refractivity (Wildman–Crippen MR) is 140 cm³/mol. The molecule has 1 aromatic carbocycles. The van der Waals surface area contributed by atoms with Crippen LogP contribution in [0.4, 0.5) is 5.00 Å². The number of nitrogens with one attached hydrogen (secondary N) is 2. The number of carbonyl (C=O) groups is 2. The van der Waals surface area contributed by atoms with Gasteiger partial charge in [-0.15, -0.1) is 11.3 Å². The van der Waals surface area contributed by atoms with E-state index in [0.717, 1.165) is 68.6 Å². The Morgan fingerprint density at radius 3 is 2.47 bits per heavy atom. The summed E-state index contributed by atoms with van der Waals surface area (Å²) in [5.74, 6) is -0.805. The molecule has 2 aliphatic rings. The van der Waals surface area contributed by atoms with Crippen molar-refractivity contribution >= 4 is 38.2 Å². The van der Waals surface area contributed by atoms with E-state index in [4.69, 9.17) is 4.74 Å². The number of benzene rings is 1. The third kappa shape index (κ3) is 5.51. The molecule has 1 amide bonds. The van der Waals surface area contributed by atoms with Crippen LogP contribution in [-0.4, -0.2) is 57.4 Å². The summed E-state index contributed by atoms with van der Waals surface area (Å²) in [5.41, 5.74) is 1.75. The van der Waals surface area contributed by atoms with Crippen molar-refractivity contribution in [3.8, 4) is 0 Å². The van der Waals surface area contributed by atoms with Gasteiger partial charge in [-0.05, 0) is 56.5 Å². The van der Waals surface area contributed by atoms with E-state index in [1.165, 1.54) is 44.8 Å². The highest BCUT2D eigenvalue weighted by molar-refractivity contribution is 7.89. The van der Waals surface area contributed by atoms with Crippen molar-refractivity contribution in [1.29, 1.82) is 0 Å². The van der Waals surface area contributed by atoms with Crippen LogP contribution in [-0.2, 0) is 27.7 Å². The number of thiophene rings is 1. The van der Waals surface area contributed by atoms with Crippen LogP contribution < -0.4 is 10.2 Å². The molecule has 2 heterocycles. The summed E-state index contributed by atoms with van der Waals surface area (Å²) < 4.78 is 33.0. The highest BCUT2D eigenvalue weighted by Gasteiger charge is 2.32. The summed E-state index contributed by atoms with van der Waals surface area (Å²) in [4.78, 5) is 28.6. The van der Waals surface area contributed by atoms with Crippen LogP contribution in [0.1, 0.15) is 77.1 Å². The van der Waals surface area contributed by atoms with Crippen LogP contribution in [0.25, 0.3) is 0 Å². The Morgan fingerprint density at radius 1 is 1.14 bits per heavy atom. The maximum atomic E-state index is 13.1. The minimum atomic E-state index is -3.63. The number of anilines is 1. The number of ether oxygens (including phenoxy) is 1. The predicted octanol–water partition coefficient (Wildman–Crippen LogP) is 3.09. The first-order valence-electron chi connectivity index (χ1n) is 12.8. The number of nitrogens with zero attached hydrogens (tertiary/aromatic N) is 1.